The zero-order valence-corrected chi connectivity index (χ0v) is 17.1. The lowest BCUT2D eigenvalue weighted by Crippen LogP contribution is -2.20. The smallest absolute Gasteiger partial charge is 0.353 e. The highest BCUT2D eigenvalue weighted by Crippen LogP contribution is 2.33. The highest BCUT2D eigenvalue weighted by molar-refractivity contribution is 5.74. The highest BCUT2D eigenvalue weighted by atomic mass is 16.6. The normalized spacial score (nSPS) is 10.5. The molecule has 2 aromatic carbocycles. The zero-order valence-electron chi connectivity index (χ0n) is 17.1. The molecule has 0 atom stereocenters. The summed E-state index contributed by atoms with van der Waals surface area (Å²) in [6.07, 6.45) is 3.39. The Kier molecular flexibility index (Phi) is 7.15. The Labute approximate surface area is 175 Å². The predicted octanol–water partition coefficient (Wildman–Crippen LogP) is 4.94. The second-order valence-corrected chi connectivity index (χ2v) is 6.84. The summed E-state index contributed by atoms with van der Waals surface area (Å²) in [5, 5.41) is 14.9. The number of aromatic nitrogens is 2. The van der Waals surface area contributed by atoms with E-state index < -0.39 is 4.92 Å². The predicted molar refractivity (Wildman–Crippen MR) is 117 cm³/mol. The molecule has 0 fully saturated rings. The van der Waals surface area contributed by atoms with Gasteiger partial charge in [0, 0.05) is 19.3 Å². The van der Waals surface area contributed by atoms with E-state index in [1.807, 2.05) is 42.5 Å². The molecule has 0 saturated carbocycles. The molecular formula is C22H25N5O3. The third-order valence-corrected chi connectivity index (χ3v) is 4.49. The Morgan fingerprint density at radius 1 is 1.10 bits per heavy atom. The number of benzene rings is 2. The van der Waals surface area contributed by atoms with Gasteiger partial charge in [0.05, 0.1) is 11.5 Å². The molecule has 8 nitrogen and oxygen atoms in total. The first-order valence-corrected chi connectivity index (χ1v) is 9.82. The minimum atomic E-state index is -0.457. The monoisotopic (exact) mass is 407 g/mol. The van der Waals surface area contributed by atoms with E-state index in [1.165, 1.54) is 6.33 Å². The molecular weight excluding hydrogens is 382 g/mol. The molecule has 3 aromatic rings. The van der Waals surface area contributed by atoms with Crippen molar-refractivity contribution in [3.63, 3.8) is 0 Å². The molecule has 0 spiro atoms. The molecule has 0 saturated heterocycles. The lowest BCUT2D eigenvalue weighted by Gasteiger charge is -2.19. The standard InChI is InChI=1S/C22H25N5O3/c1-3-4-14-30-19-12-10-18(11-13-19)25-21-20(27(28)29)22(24-16-23-21)26(2)15-17-8-6-5-7-9-17/h5-13,16H,3-4,14-15H2,1-2H3,(H,23,24,25). The van der Waals surface area contributed by atoms with Crippen molar-refractivity contribution in [2.45, 2.75) is 26.3 Å². The van der Waals surface area contributed by atoms with Crippen LogP contribution in [-0.4, -0.2) is 28.5 Å². The maximum absolute atomic E-state index is 11.8. The summed E-state index contributed by atoms with van der Waals surface area (Å²) in [6, 6.07) is 17.0. The Morgan fingerprint density at radius 3 is 2.50 bits per heavy atom. The van der Waals surface area contributed by atoms with E-state index in [2.05, 4.69) is 22.2 Å². The van der Waals surface area contributed by atoms with E-state index in [4.69, 9.17) is 4.74 Å². The molecule has 0 aliphatic carbocycles. The average Bonchev–Trinajstić information content (AvgIpc) is 2.75. The molecule has 0 aliphatic rings. The maximum Gasteiger partial charge on any atom is 0.353 e. The van der Waals surface area contributed by atoms with Gasteiger partial charge in [0.15, 0.2) is 0 Å². The SMILES string of the molecule is CCCCOc1ccc(Nc2ncnc(N(C)Cc3ccccc3)c2[N+](=O)[O-])cc1. The summed E-state index contributed by atoms with van der Waals surface area (Å²) >= 11 is 0. The Balaban J connectivity index is 1.80. The number of unbranched alkanes of at least 4 members (excludes halogenated alkanes) is 1. The van der Waals surface area contributed by atoms with Crippen LogP contribution in [0.4, 0.5) is 23.0 Å². The van der Waals surface area contributed by atoms with E-state index >= 15 is 0 Å². The van der Waals surface area contributed by atoms with Crippen molar-refractivity contribution >= 4 is 23.0 Å². The van der Waals surface area contributed by atoms with Crippen LogP contribution in [0.15, 0.2) is 60.9 Å². The fourth-order valence-electron chi connectivity index (χ4n) is 2.95. The third-order valence-electron chi connectivity index (χ3n) is 4.49. The zero-order chi connectivity index (χ0) is 21.3. The summed E-state index contributed by atoms with van der Waals surface area (Å²) in [5.41, 5.74) is 1.54. The minimum absolute atomic E-state index is 0.143. The van der Waals surface area contributed by atoms with Gasteiger partial charge in [0.25, 0.3) is 0 Å². The molecule has 156 valence electrons. The molecule has 0 bridgehead atoms. The summed E-state index contributed by atoms with van der Waals surface area (Å²) in [6.45, 7) is 3.26. The van der Waals surface area contributed by atoms with Crippen LogP contribution in [0.25, 0.3) is 0 Å². The van der Waals surface area contributed by atoms with Crippen molar-refractivity contribution in [3.05, 3.63) is 76.6 Å². The molecule has 1 heterocycles. The fourth-order valence-corrected chi connectivity index (χ4v) is 2.95. The lowest BCUT2D eigenvalue weighted by molar-refractivity contribution is -0.383. The number of ether oxygens (including phenoxy) is 1. The van der Waals surface area contributed by atoms with Gasteiger partial charge in [-0.05, 0) is 36.2 Å². The van der Waals surface area contributed by atoms with Crippen molar-refractivity contribution in [1.29, 1.82) is 0 Å². The van der Waals surface area contributed by atoms with Crippen LogP contribution >= 0.6 is 0 Å². The second kappa shape index (κ2) is 10.2. The molecule has 30 heavy (non-hydrogen) atoms. The van der Waals surface area contributed by atoms with E-state index in [9.17, 15) is 10.1 Å². The number of hydrogen-bond donors (Lipinski definition) is 1. The number of anilines is 3. The largest absolute Gasteiger partial charge is 0.494 e. The number of nitrogens with one attached hydrogen (secondary N) is 1. The van der Waals surface area contributed by atoms with Gasteiger partial charge in [-0.25, -0.2) is 9.97 Å². The van der Waals surface area contributed by atoms with Gasteiger partial charge in [0.2, 0.25) is 11.6 Å². The number of nitro groups is 1. The first kappa shape index (κ1) is 21.0. The van der Waals surface area contributed by atoms with Gasteiger partial charge >= 0.3 is 5.69 Å². The summed E-state index contributed by atoms with van der Waals surface area (Å²) in [7, 11) is 1.77. The summed E-state index contributed by atoms with van der Waals surface area (Å²) in [4.78, 5) is 21.4. The van der Waals surface area contributed by atoms with Crippen LogP contribution < -0.4 is 15.0 Å². The van der Waals surface area contributed by atoms with E-state index in [0.717, 1.165) is 24.2 Å². The number of rotatable bonds is 10. The number of hydrogen-bond acceptors (Lipinski definition) is 7. The van der Waals surface area contributed by atoms with Crippen LogP contribution in [0.3, 0.4) is 0 Å². The summed E-state index contributed by atoms with van der Waals surface area (Å²) in [5.74, 6) is 1.15. The first-order valence-electron chi connectivity index (χ1n) is 9.82. The molecule has 0 unspecified atom stereocenters. The van der Waals surface area contributed by atoms with Gasteiger partial charge in [0.1, 0.15) is 12.1 Å². The van der Waals surface area contributed by atoms with Crippen LogP contribution in [0, 0.1) is 10.1 Å². The topological polar surface area (TPSA) is 93.4 Å². The van der Waals surface area contributed by atoms with Crippen LogP contribution in [-0.2, 0) is 6.54 Å². The van der Waals surface area contributed by atoms with Crippen molar-refractivity contribution < 1.29 is 9.66 Å². The second-order valence-electron chi connectivity index (χ2n) is 6.84. The van der Waals surface area contributed by atoms with Gasteiger partial charge < -0.3 is 15.0 Å². The van der Waals surface area contributed by atoms with Gasteiger partial charge in [-0.1, -0.05) is 43.7 Å². The molecule has 0 aliphatic heterocycles. The van der Waals surface area contributed by atoms with E-state index in [1.54, 1.807) is 24.1 Å². The quantitative estimate of drug-likeness (QED) is 0.289. The first-order chi connectivity index (χ1) is 14.6. The molecule has 0 radical (unpaired) electrons. The lowest BCUT2D eigenvalue weighted by atomic mass is 10.2. The third kappa shape index (κ3) is 5.44. The van der Waals surface area contributed by atoms with Gasteiger partial charge in [-0.3, -0.25) is 10.1 Å². The Hall–Kier alpha value is -3.68. The Morgan fingerprint density at radius 2 is 1.83 bits per heavy atom. The fraction of sp³-hybridized carbons (Fsp3) is 0.273. The molecule has 0 amide bonds. The highest BCUT2D eigenvalue weighted by Gasteiger charge is 2.25. The molecule has 1 aromatic heterocycles. The molecule has 8 heteroatoms. The van der Waals surface area contributed by atoms with Crippen molar-refractivity contribution in [2.75, 3.05) is 23.9 Å². The van der Waals surface area contributed by atoms with Crippen molar-refractivity contribution in [3.8, 4) is 5.75 Å². The van der Waals surface area contributed by atoms with Crippen LogP contribution in [0.1, 0.15) is 25.3 Å². The minimum Gasteiger partial charge on any atom is -0.494 e. The van der Waals surface area contributed by atoms with E-state index in [-0.39, 0.29) is 17.3 Å². The average molecular weight is 407 g/mol. The molecule has 1 N–H and O–H groups in total. The van der Waals surface area contributed by atoms with Crippen molar-refractivity contribution in [1.82, 2.24) is 9.97 Å². The number of nitrogens with zero attached hydrogens (tertiary/aromatic N) is 4. The van der Waals surface area contributed by atoms with Crippen LogP contribution in [0.5, 0.6) is 5.75 Å². The molecule has 3 rings (SSSR count). The summed E-state index contributed by atoms with van der Waals surface area (Å²) < 4.78 is 5.65. The Bertz CT molecular complexity index is 964. The van der Waals surface area contributed by atoms with Gasteiger partial charge in [-0.15, -0.1) is 0 Å². The van der Waals surface area contributed by atoms with Crippen molar-refractivity contribution in [2.24, 2.45) is 0 Å². The van der Waals surface area contributed by atoms with Gasteiger partial charge in [-0.2, -0.15) is 0 Å². The maximum atomic E-state index is 11.8. The van der Waals surface area contributed by atoms with E-state index in [0.29, 0.717) is 18.8 Å². The van der Waals surface area contributed by atoms with Crippen LogP contribution in [0.2, 0.25) is 0 Å².